The summed E-state index contributed by atoms with van der Waals surface area (Å²) in [5.41, 5.74) is 17.3. The smallest absolute Gasteiger partial charge is 0.118 e. The molecule has 2 aromatic heterocycles. The molecule has 6 heteroatoms. The van der Waals surface area contributed by atoms with Gasteiger partial charge < -0.3 is 16.2 Å². The topological polar surface area (TPSA) is 87.0 Å². The molecule has 1 atom stereocenters. The van der Waals surface area contributed by atoms with Crippen molar-refractivity contribution in [2.24, 2.45) is 11.5 Å². The van der Waals surface area contributed by atoms with Crippen LogP contribution in [0.5, 0.6) is 5.75 Å². The van der Waals surface area contributed by atoms with E-state index in [-0.39, 0.29) is 0 Å². The quantitative estimate of drug-likeness (QED) is 0.484. The van der Waals surface area contributed by atoms with Gasteiger partial charge in [0.25, 0.3) is 0 Å². The Bertz CT molecular complexity index is 1090. The molecule has 4 rings (SSSR count). The molecule has 4 aromatic rings. The third-order valence-electron chi connectivity index (χ3n) is 5.19. The van der Waals surface area contributed by atoms with E-state index in [2.05, 4.69) is 45.8 Å². The molecule has 0 aliphatic heterocycles. The largest absolute Gasteiger partial charge is 0.497 e. The van der Waals surface area contributed by atoms with E-state index in [4.69, 9.17) is 16.2 Å². The summed E-state index contributed by atoms with van der Waals surface area (Å²) in [6.45, 7) is 0.492. The summed E-state index contributed by atoms with van der Waals surface area (Å²) in [7, 11) is 1.67. The third-order valence-corrected chi connectivity index (χ3v) is 5.99. The van der Waals surface area contributed by atoms with Gasteiger partial charge in [0.15, 0.2) is 0 Å². The zero-order chi connectivity index (χ0) is 20.3. The fourth-order valence-electron chi connectivity index (χ4n) is 3.62. The van der Waals surface area contributed by atoms with Crippen molar-refractivity contribution in [1.29, 1.82) is 0 Å². The molecule has 148 valence electrons. The maximum absolute atomic E-state index is 6.86. The van der Waals surface area contributed by atoms with Gasteiger partial charge in [-0.05, 0) is 71.9 Å². The van der Waals surface area contributed by atoms with Gasteiger partial charge in [0.05, 0.1) is 17.3 Å². The monoisotopic (exact) mass is 404 g/mol. The van der Waals surface area contributed by atoms with Gasteiger partial charge in [0.2, 0.25) is 0 Å². The first-order valence-electron chi connectivity index (χ1n) is 9.56. The highest BCUT2D eigenvalue weighted by Crippen LogP contribution is 2.33. The predicted molar refractivity (Wildman–Crippen MR) is 119 cm³/mol. The van der Waals surface area contributed by atoms with Crippen LogP contribution in [0.1, 0.15) is 17.7 Å². The molecule has 29 heavy (non-hydrogen) atoms. The minimum atomic E-state index is -0.650. The normalized spacial score (nSPS) is 13.3. The number of rotatable bonds is 7. The molecule has 4 N–H and O–H groups in total. The van der Waals surface area contributed by atoms with Crippen molar-refractivity contribution in [3.05, 3.63) is 78.1 Å². The van der Waals surface area contributed by atoms with Gasteiger partial charge in [0.1, 0.15) is 17.0 Å². The maximum Gasteiger partial charge on any atom is 0.118 e. The molecule has 0 radical (unpaired) electrons. The van der Waals surface area contributed by atoms with Crippen molar-refractivity contribution >= 4 is 21.7 Å². The highest BCUT2D eigenvalue weighted by atomic mass is 32.1. The molecule has 0 aliphatic rings. The van der Waals surface area contributed by atoms with Crippen LogP contribution in [0.15, 0.2) is 66.9 Å². The first-order valence-corrected chi connectivity index (χ1v) is 10.3. The standard InChI is InChI=1S/C23H24N4OS/c1-28-19-10-8-18(9-11-19)17-6-4-16(5-7-17)15-23(25,12-13-24)22-21-20(29-27-22)3-2-14-26-21/h2-11,14H,12-13,15,24-25H2,1H3. The number of hydrogen-bond donors (Lipinski definition) is 2. The van der Waals surface area contributed by atoms with Crippen LogP contribution in [-0.4, -0.2) is 23.0 Å². The lowest BCUT2D eigenvalue weighted by molar-refractivity contribution is 0.406. The van der Waals surface area contributed by atoms with E-state index in [0.29, 0.717) is 19.4 Å². The number of nitrogens with two attached hydrogens (primary N) is 2. The zero-order valence-electron chi connectivity index (χ0n) is 16.3. The van der Waals surface area contributed by atoms with Crippen LogP contribution in [0.25, 0.3) is 21.3 Å². The first kappa shape index (κ1) is 19.5. The van der Waals surface area contributed by atoms with Crippen LogP contribution in [0, 0.1) is 0 Å². The molecule has 0 amide bonds. The van der Waals surface area contributed by atoms with Gasteiger partial charge >= 0.3 is 0 Å². The molecule has 0 aliphatic carbocycles. The number of nitrogens with zero attached hydrogens (tertiary/aromatic N) is 2. The Morgan fingerprint density at radius 2 is 1.69 bits per heavy atom. The third kappa shape index (κ3) is 4.00. The second-order valence-electron chi connectivity index (χ2n) is 7.18. The van der Waals surface area contributed by atoms with Gasteiger partial charge in [-0.25, -0.2) is 0 Å². The van der Waals surface area contributed by atoms with Gasteiger partial charge in [0, 0.05) is 6.20 Å². The molecule has 0 bridgehead atoms. The predicted octanol–water partition coefficient (Wildman–Crippen LogP) is 4.11. The average molecular weight is 405 g/mol. The van der Waals surface area contributed by atoms with Gasteiger partial charge in [-0.2, -0.15) is 4.37 Å². The van der Waals surface area contributed by atoms with Crippen LogP contribution in [-0.2, 0) is 12.0 Å². The van der Waals surface area contributed by atoms with Crippen molar-refractivity contribution in [3.63, 3.8) is 0 Å². The molecular formula is C23H24N4OS. The molecule has 2 heterocycles. The Balaban J connectivity index is 1.61. The Kier molecular flexibility index (Phi) is 5.58. The number of hydrogen-bond acceptors (Lipinski definition) is 6. The summed E-state index contributed by atoms with van der Waals surface area (Å²) in [5, 5.41) is 0. The van der Waals surface area contributed by atoms with E-state index < -0.39 is 5.54 Å². The Hall–Kier alpha value is -2.80. The molecule has 5 nitrogen and oxygen atoms in total. The maximum atomic E-state index is 6.86. The summed E-state index contributed by atoms with van der Waals surface area (Å²) in [6.07, 6.45) is 3.08. The van der Waals surface area contributed by atoms with Crippen molar-refractivity contribution in [2.45, 2.75) is 18.4 Å². The van der Waals surface area contributed by atoms with E-state index in [9.17, 15) is 0 Å². The van der Waals surface area contributed by atoms with Crippen LogP contribution >= 0.6 is 11.5 Å². The van der Waals surface area contributed by atoms with Gasteiger partial charge in [-0.3, -0.25) is 4.98 Å². The summed E-state index contributed by atoms with van der Waals surface area (Å²) in [4.78, 5) is 4.52. The minimum absolute atomic E-state index is 0.492. The van der Waals surface area contributed by atoms with Crippen LogP contribution in [0.2, 0.25) is 0 Å². The Labute approximate surface area is 174 Å². The fraction of sp³-hybridized carbons (Fsp3) is 0.217. The molecule has 1 unspecified atom stereocenters. The minimum Gasteiger partial charge on any atom is -0.497 e. The van der Waals surface area contributed by atoms with E-state index in [1.165, 1.54) is 11.5 Å². The van der Waals surface area contributed by atoms with Gasteiger partial charge in [-0.1, -0.05) is 36.4 Å². The molecule has 0 fully saturated rings. The number of aromatic nitrogens is 2. The van der Waals surface area contributed by atoms with E-state index in [1.807, 2.05) is 24.3 Å². The van der Waals surface area contributed by atoms with E-state index >= 15 is 0 Å². The highest BCUT2D eigenvalue weighted by Gasteiger charge is 2.32. The SMILES string of the molecule is COc1ccc(-c2ccc(CC(N)(CCN)c3nsc4cccnc34)cc2)cc1. The number of fused-ring (bicyclic) bond motifs is 1. The van der Waals surface area contributed by atoms with Crippen LogP contribution in [0.4, 0.5) is 0 Å². The van der Waals surface area contributed by atoms with Crippen LogP contribution in [0.3, 0.4) is 0 Å². The summed E-state index contributed by atoms with van der Waals surface area (Å²) >= 11 is 1.44. The van der Waals surface area contributed by atoms with Crippen molar-refractivity contribution in [3.8, 4) is 16.9 Å². The van der Waals surface area contributed by atoms with Crippen molar-refractivity contribution < 1.29 is 4.74 Å². The fourth-order valence-corrected chi connectivity index (χ4v) is 4.45. The lowest BCUT2D eigenvalue weighted by Crippen LogP contribution is -2.41. The second-order valence-corrected chi connectivity index (χ2v) is 7.98. The zero-order valence-corrected chi connectivity index (χ0v) is 17.2. The summed E-state index contributed by atoms with van der Waals surface area (Å²) < 4.78 is 10.9. The van der Waals surface area contributed by atoms with Crippen molar-refractivity contribution in [1.82, 2.24) is 9.36 Å². The molecular weight excluding hydrogens is 380 g/mol. The van der Waals surface area contributed by atoms with Gasteiger partial charge in [-0.15, -0.1) is 0 Å². The number of methoxy groups -OCH3 is 1. The summed E-state index contributed by atoms with van der Waals surface area (Å²) in [6, 6.07) is 20.5. The van der Waals surface area contributed by atoms with Crippen molar-refractivity contribution in [2.75, 3.05) is 13.7 Å². The molecule has 0 spiro atoms. The molecule has 0 saturated carbocycles. The lowest BCUT2D eigenvalue weighted by atomic mass is 9.84. The lowest BCUT2D eigenvalue weighted by Gasteiger charge is -2.28. The summed E-state index contributed by atoms with van der Waals surface area (Å²) in [5.74, 6) is 0.851. The average Bonchev–Trinajstić information content (AvgIpc) is 3.20. The van der Waals surface area contributed by atoms with Crippen LogP contribution < -0.4 is 16.2 Å². The highest BCUT2D eigenvalue weighted by molar-refractivity contribution is 7.13. The Morgan fingerprint density at radius 1 is 1.00 bits per heavy atom. The second kappa shape index (κ2) is 8.29. The number of ether oxygens (including phenoxy) is 1. The Morgan fingerprint density at radius 3 is 2.34 bits per heavy atom. The molecule has 0 saturated heterocycles. The first-order chi connectivity index (χ1) is 14.1. The number of pyridine rings is 1. The molecule has 2 aromatic carbocycles. The van der Waals surface area contributed by atoms with E-state index in [0.717, 1.165) is 38.4 Å². The number of benzene rings is 2. The van der Waals surface area contributed by atoms with E-state index in [1.54, 1.807) is 13.3 Å².